The molecular weight excluding hydrogens is 649 g/mol. The van der Waals surface area contributed by atoms with Crippen molar-refractivity contribution in [2.24, 2.45) is 62.6 Å². The Hall–Kier alpha value is -2.67. The minimum atomic E-state index is -0.882. The van der Waals surface area contributed by atoms with E-state index in [9.17, 15) is 24.6 Å². The average molecular weight is 717 g/mol. The molecule has 5 aliphatic rings. The van der Waals surface area contributed by atoms with Crippen molar-refractivity contribution in [3.05, 3.63) is 41.5 Å². The smallest absolute Gasteiger partial charge is 0.335 e. The SMILES string of the molecule is CC(C)C1CCC2(C(=O)NCCN(CCC(=O)O)C(C)C)CCC3(C)C(CCC4C5(C)CC=C(c6ccc(C(=O)O)cc6)C(C)(C)C5CCC43C)C12. The number of rotatable bonds is 11. The van der Waals surface area contributed by atoms with Gasteiger partial charge in [-0.2, -0.15) is 0 Å². The molecule has 0 radical (unpaired) electrons. The number of carboxylic acids is 2. The van der Waals surface area contributed by atoms with Crippen LogP contribution < -0.4 is 5.32 Å². The van der Waals surface area contributed by atoms with E-state index in [1.807, 2.05) is 12.1 Å². The zero-order chi connectivity index (χ0) is 38.0. The van der Waals surface area contributed by atoms with Crippen LogP contribution in [0.25, 0.3) is 5.57 Å². The highest BCUT2D eigenvalue weighted by Crippen LogP contribution is 2.77. The molecule has 7 nitrogen and oxygen atoms in total. The maximum Gasteiger partial charge on any atom is 0.335 e. The zero-order valence-corrected chi connectivity index (χ0v) is 33.7. The van der Waals surface area contributed by atoms with E-state index in [1.54, 1.807) is 12.1 Å². The highest BCUT2D eigenvalue weighted by molar-refractivity contribution is 5.88. The molecular formula is C45H68N2O5. The Morgan fingerprint density at radius 2 is 1.52 bits per heavy atom. The molecule has 4 fully saturated rings. The minimum absolute atomic E-state index is 0.0242. The van der Waals surface area contributed by atoms with E-state index in [2.05, 4.69) is 78.6 Å². The lowest BCUT2D eigenvalue weighted by Crippen LogP contribution is -2.66. The number of nitrogens with zero attached hydrogens (tertiary/aromatic N) is 1. The molecule has 9 unspecified atom stereocenters. The molecule has 3 N–H and O–H groups in total. The standard InChI is InChI=1S/C45H68N2O5/c1-28(2)32-16-22-45(40(52)46-25-27-47(29(3)4)26-19-37(48)49)24-23-43(8)34(38(32)45)14-15-36-42(7)20-17-33(30-10-12-31(13-11-30)39(50)51)41(5,6)35(42)18-21-44(36,43)9/h10-13,17,28-29,32,34-36,38H,14-16,18-27H2,1-9H3,(H,46,52)(H,48,49)(H,50,51). The van der Waals surface area contributed by atoms with Crippen LogP contribution in [0.2, 0.25) is 0 Å². The fourth-order valence-electron chi connectivity index (χ4n) is 14.0. The van der Waals surface area contributed by atoms with Crippen LogP contribution in [0, 0.1) is 62.6 Å². The van der Waals surface area contributed by atoms with Gasteiger partial charge in [-0.15, -0.1) is 0 Å². The summed E-state index contributed by atoms with van der Waals surface area (Å²) in [5.74, 6) is 1.77. The molecule has 1 aromatic rings. The maximum atomic E-state index is 14.6. The number of hydrogen-bond acceptors (Lipinski definition) is 4. The van der Waals surface area contributed by atoms with Crippen molar-refractivity contribution in [1.82, 2.24) is 10.2 Å². The zero-order valence-electron chi connectivity index (χ0n) is 33.7. The molecule has 9 atom stereocenters. The summed E-state index contributed by atoms with van der Waals surface area (Å²) < 4.78 is 0. The van der Waals surface area contributed by atoms with E-state index >= 15 is 0 Å². The summed E-state index contributed by atoms with van der Waals surface area (Å²) >= 11 is 0. The summed E-state index contributed by atoms with van der Waals surface area (Å²) in [7, 11) is 0. The fraction of sp³-hybridized carbons (Fsp3) is 0.756. The lowest BCUT2D eigenvalue weighted by atomic mass is 9.32. The molecule has 0 heterocycles. The van der Waals surface area contributed by atoms with Gasteiger partial charge in [-0.05, 0) is 152 Å². The Balaban J connectivity index is 1.26. The van der Waals surface area contributed by atoms with Crippen LogP contribution in [0.15, 0.2) is 30.3 Å². The summed E-state index contributed by atoms with van der Waals surface area (Å²) in [6.07, 6.45) is 12.7. The summed E-state index contributed by atoms with van der Waals surface area (Å²) in [5, 5.41) is 22.2. The number of carbonyl (C=O) groups is 3. The van der Waals surface area contributed by atoms with Gasteiger partial charge < -0.3 is 15.5 Å². The number of fused-ring (bicyclic) bond motifs is 7. The first-order valence-corrected chi connectivity index (χ1v) is 20.6. The minimum Gasteiger partial charge on any atom is -0.481 e. The van der Waals surface area contributed by atoms with Crippen LogP contribution in [0.4, 0.5) is 0 Å². The number of aromatic carboxylic acids is 1. The highest BCUT2D eigenvalue weighted by atomic mass is 16.4. The Labute approximate surface area is 313 Å². The predicted molar refractivity (Wildman–Crippen MR) is 208 cm³/mol. The van der Waals surface area contributed by atoms with Crippen molar-refractivity contribution in [2.45, 2.75) is 133 Å². The molecule has 0 saturated heterocycles. The van der Waals surface area contributed by atoms with Gasteiger partial charge in [0.05, 0.1) is 17.4 Å². The first-order chi connectivity index (χ1) is 24.3. The van der Waals surface area contributed by atoms with Crippen molar-refractivity contribution >= 4 is 23.4 Å². The van der Waals surface area contributed by atoms with Crippen LogP contribution >= 0.6 is 0 Å². The summed E-state index contributed by atoms with van der Waals surface area (Å²) in [6.45, 7) is 23.5. The second-order valence-electron chi connectivity index (χ2n) is 19.8. The molecule has 0 aliphatic heterocycles. The number of carboxylic acid groups (broad SMARTS) is 2. The van der Waals surface area contributed by atoms with Crippen LogP contribution in [0.1, 0.15) is 142 Å². The largest absolute Gasteiger partial charge is 0.481 e. The Kier molecular flexibility index (Phi) is 10.4. The number of aliphatic carboxylic acids is 1. The molecule has 1 aromatic carbocycles. The third-order valence-electron chi connectivity index (χ3n) is 16.8. The van der Waals surface area contributed by atoms with Crippen LogP contribution in [0.3, 0.4) is 0 Å². The summed E-state index contributed by atoms with van der Waals surface area (Å²) in [6, 6.07) is 7.75. The van der Waals surface area contributed by atoms with Crippen molar-refractivity contribution in [3.8, 4) is 0 Å². The quantitative estimate of drug-likeness (QED) is 0.211. The van der Waals surface area contributed by atoms with Gasteiger partial charge in [0.1, 0.15) is 0 Å². The third kappa shape index (κ3) is 6.07. The van der Waals surface area contributed by atoms with Crippen LogP contribution in [-0.4, -0.2) is 58.6 Å². The molecule has 0 spiro atoms. The fourth-order valence-corrected chi connectivity index (χ4v) is 14.0. The van der Waals surface area contributed by atoms with Gasteiger partial charge in [0.15, 0.2) is 0 Å². The second-order valence-corrected chi connectivity index (χ2v) is 19.8. The average Bonchev–Trinajstić information content (AvgIpc) is 3.47. The van der Waals surface area contributed by atoms with Crippen molar-refractivity contribution in [2.75, 3.05) is 19.6 Å². The van der Waals surface area contributed by atoms with E-state index in [0.29, 0.717) is 60.7 Å². The Morgan fingerprint density at radius 1 is 0.827 bits per heavy atom. The van der Waals surface area contributed by atoms with Gasteiger partial charge in [0.2, 0.25) is 5.91 Å². The van der Waals surface area contributed by atoms with E-state index < -0.39 is 11.9 Å². The van der Waals surface area contributed by atoms with Crippen molar-refractivity contribution in [3.63, 3.8) is 0 Å². The molecule has 6 rings (SSSR count). The van der Waals surface area contributed by atoms with E-state index in [-0.39, 0.29) is 45.4 Å². The second kappa shape index (κ2) is 13.9. The van der Waals surface area contributed by atoms with Gasteiger partial charge in [0, 0.05) is 25.7 Å². The third-order valence-corrected chi connectivity index (χ3v) is 16.8. The number of carbonyl (C=O) groups excluding carboxylic acids is 1. The van der Waals surface area contributed by atoms with Crippen LogP contribution in [0.5, 0.6) is 0 Å². The first kappa shape index (κ1) is 39.0. The predicted octanol–water partition coefficient (Wildman–Crippen LogP) is 9.42. The summed E-state index contributed by atoms with van der Waals surface area (Å²) in [5.41, 5.74) is 3.06. The Bertz CT molecular complexity index is 1560. The topological polar surface area (TPSA) is 107 Å². The number of nitrogens with one attached hydrogen (secondary N) is 1. The Morgan fingerprint density at radius 3 is 2.13 bits per heavy atom. The molecule has 0 aromatic heterocycles. The monoisotopic (exact) mass is 717 g/mol. The lowest BCUT2D eigenvalue weighted by molar-refractivity contribution is -0.227. The van der Waals surface area contributed by atoms with Gasteiger partial charge in [-0.25, -0.2) is 4.79 Å². The van der Waals surface area contributed by atoms with Gasteiger partial charge >= 0.3 is 11.9 Å². The van der Waals surface area contributed by atoms with Crippen molar-refractivity contribution < 1.29 is 24.6 Å². The molecule has 0 bridgehead atoms. The number of allylic oxidation sites excluding steroid dienone is 2. The van der Waals surface area contributed by atoms with E-state index in [1.165, 1.54) is 31.3 Å². The van der Waals surface area contributed by atoms with Gasteiger partial charge in [-0.3, -0.25) is 14.5 Å². The molecule has 4 saturated carbocycles. The first-order valence-electron chi connectivity index (χ1n) is 20.6. The summed E-state index contributed by atoms with van der Waals surface area (Å²) in [4.78, 5) is 39.6. The molecule has 7 heteroatoms. The van der Waals surface area contributed by atoms with Crippen LogP contribution in [-0.2, 0) is 9.59 Å². The normalized spacial score (nSPS) is 37.8. The van der Waals surface area contributed by atoms with Gasteiger partial charge in [0.25, 0.3) is 0 Å². The number of amides is 1. The molecule has 52 heavy (non-hydrogen) atoms. The van der Waals surface area contributed by atoms with Crippen molar-refractivity contribution in [1.29, 1.82) is 0 Å². The molecule has 5 aliphatic carbocycles. The number of benzene rings is 1. The maximum absolute atomic E-state index is 14.6. The molecule has 288 valence electrons. The number of hydrogen-bond donors (Lipinski definition) is 3. The van der Waals surface area contributed by atoms with E-state index in [4.69, 9.17) is 0 Å². The highest BCUT2D eigenvalue weighted by Gasteiger charge is 2.71. The van der Waals surface area contributed by atoms with E-state index in [0.717, 1.165) is 37.7 Å². The van der Waals surface area contributed by atoms with Gasteiger partial charge in [-0.1, -0.05) is 66.7 Å². The lowest BCUT2D eigenvalue weighted by Gasteiger charge is -2.72. The molecule has 1 amide bonds.